The maximum Gasteiger partial charge on any atom is 0.266 e. The Morgan fingerprint density at radius 2 is 1.85 bits per heavy atom. The number of hydrogen-bond acceptors (Lipinski definition) is 5. The number of aromatic nitrogens is 4. The van der Waals surface area contributed by atoms with Crippen LogP contribution in [0.2, 0.25) is 5.02 Å². The lowest BCUT2D eigenvalue weighted by Gasteiger charge is -2.07. The average Bonchev–Trinajstić information content (AvgIpc) is 3.07. The van der Waals surface area contributed by atoms with Crippen molar-refractivity contribution >= 4 is 38.5 Å². The third-order valence-electron chi connectivity index (χ3n) is 3.88. The van der Waals surface area contributed by atoms with Gasteiger partial charge < -0.3 is 0 Å². The van der Waals surface area contributed by atoms with Gasteiger partial charge in [0.15, 0.2) is 0 Å². The molecule has 4 aromatic rings. The number of benzene rings is 2. The number of rotatable bonds is 5. The minimum atomic E-state index is -3.88. The van der Waals surface area contributed by atoms with E-state index in [1.165, 1.54) is 17.1 Å². The number of hydrogen-bond donors (Lipinski definition) is 1. The Hall–Kier alpha value is -2.97. The van der Waals surface area contributed by atoms with Crippen molar-refractivity contribution in [1.82, 2.24) is 19.7 Å². The van der Waals surface area contributed by atoms with Crippen LogP contribution in [0.25, 0.3) is 10.9 Å². The fourth-order valence-electron chi connectivity index (χ4n) is 2.71. The molecule has 2 aromatic heterocycles. The summed E-state index contributed by atoms with van der Waals surface area (Å²) in [6.45, 7) is 0.422. The Morgan fingerprint density at radius 3 is 2.70 bits per heavy atom. The zero-order chi connectivity index (χ0) is 18.9. The minimum absolute atomic E-state index is 0.00929. The topological polar surface area (TPSA) is 89.8 Å². The Balaban J connectivity index is 1.59. The Labute approximate surface area is 160 Å². The van der Waals surface area contributed by atoms with Crippen molar-refractivity contribution in [2.45, 2.75) is 11.4 Å². The van der Waals surface area contributed by atoms with Crippen LogP contribution in [0, 0.1) is 0 Å². The molecule has 0 saturated carbocycles. The van der Waals surface area contributed by atoms with E-state index < -0.39 is 10.0 Å². The van der Waals surface area contributed by atoms with Crippen molar-refractivity contribution in [2.24, 2.45) is 0 Å². The van der Waals surface area contributed by atoms with Crippen LogP contribution < -0.4 is 4.72 Å². The summed E-state index contributed by atoms with van der Waals surface area (Å²) >= 11 is 5.98. The van der Waals surface area contributed by atoms with E-state index in [0.29, 0.717) is 17.1 Å². The lowest BCUT2D eigenvalue weighted by Crippen LogP contribution is -2.15. The van der Waals surface area contributed by atoms with Gasteiger partial charge >= 0.3 is 0 Å². The Bertz CT molecular complexity index is 1220. The molecular formula is C18H14ClN5O2S. The number of fused-ring (bicyclic) bond motifs is 1. The SMILES string of the molecule is O=S(=O)(Nc1ncn(Cc2cccc(Cl)c2)n1)c1cccc2cccnc12. The molecule has 0 radical (unpaired) electrons. The van der Waals surface area contributed by atoms with Gasteiger partial charge in [-0.3, -0.25) is 4.98 Å². The molecule has 2 heterocycles. The minimum Gasteiger partial charge on any atom is -0.255 e. The maximum atomic E-state index is 12.8. The number of sulfonamides is 1. The molecule has 2 aromatic carbocycles. The van der Waals surface area contributed by atoms with E-state index in [1.807, 2.05) is 18.2 Å². The first-order valence-corrected chi connectivity index (χ1v) is 9.88. The first-order chi connectivity index (χ1) is 13.0. The highest BCUT2D eigenvalue weighted by molar-refractivity contribution is 7.93. The van der Waals surface area contributed by atoms with Gasteiger partial charge in [-0.1, -0.05) is 41.9 Å². The van der Waals surface area contributed by atoms with Crippen LogP contribution in [0.1, 0.15) is 5.56 Å². The maximum absolute atomic E-state index is 12.8. The van der Waals surface area contributed by atoms with Crippen LogP contribution in [0.15, 0.2) is 72.0 Å². The average molecular weight is 400 g/mol. The summed E-state index contributed by atoms with van der Waals surface area (Å²) in [6.07, 6.45) is 3.01. The van der Waals surface area contributed by atoms with Gasteiger partial charge in [0, 0.05) is 16.6 Å². The largest absolute Gasteiger partial charge is 0.266 e. The molecule has 0 unspecified atom stereocenters. The first-order valence-electron chi connectivity index (χ1n) is 8.02. The summed E-state index contributed by atoms with van der Waals surface area (Å²) < 4.78 is 29.5. The lowest BCUT2D eigenvalue weighted by atomic mass is 10.2. The van der Waals surface area contributed by atoms with Crippen LogP contribution in [0.4, 0.5) is 5.95 Å². The predicted octanol–water partition coefficient (Wildman–Crippen LogP) is 3.33. The van der Waals surface area contributed by atoms with Gasteiger partial charge in [-0.15, -0.1) is 5.10 Å². The number of anilines is 1. The second kappa shape index (κ2) is 6.98. The Morgan fingerprint density at radius 1 is 1.04 bits per heavy atom. The molecule has 0 fully saturated rings. The van der Waals surface area contributed by atoms with Gasteiger partial charge in [0.05, 0.1) is 12.1 Å². The molecule has 4 rings (SSSR count). The van der Waals surface area contributed by atoms with Gasteiger partial charge in [-0.2, -0.15) is 4.98 Å². The second-order valence-electron chi connectivity index (χ2n) is 5.83. The fourth-order valence-corrected chi connectivity index (χ4v) is 4.05. The van der Waals surface area contributed by atoms with Crippen molar-refractivity contribution in [2.75, 3.05) is 4.72 Å². The highest BCUT2D eigenvalue weighted by atomic mass is 35.5. The van der Waals surface area contributed by atoms with Crippen LogP contribution in [-0.4, -0.2) is 28.2 Å². The number of halogens is 1. The molecule has 0 aliphatic rings. The summed E-state index contributed by atoms with van der Waals surface area (Å²) in [4.78, 5) is 8.29. The quantitative estimate of drug-likeness (QED) is 0.556. The molecule has 0 aliphatic heterocycles. The van der Waals surface area contributed by atoms with Gasteiger partial charge in [0.1, 0.15) is 11.2 Å². The number of pyridine rings is 1. The van der Waals surface area contributed by atoms with Crippen LogP contribution in [-0.2, 0) is 16.6 Å². The highest BCUT2D eigenvalue weighted by Crippen LogP contribution is 2.22. The third kappa shape index (κ3) is 3.76. The van der Waals surface area contributed by atoms with E-state index in [-0.39, 0.29) is 10.8 Å². The van der Waals surface area contributed by atoms with Gasteiger partial charge in [0.2, 0.25) is 0 Å². The van der Waals surface area contributed by atoms with Gasteiger partial charge in [0.25, 0.3) is 16.0 Å². The molecule has 0 spiro atoms. The fraction of sp³-hybridized carbons (Fsp3) is 0.0556. The summed E-state index contributed by atoms with van der Waals surface area (Å²) in [5.74, 6) is -0.00929. The summed E-state index contributed by atoms with van der Waals surface area (Å²) in [5, 5.41) is 5.54. The van der Waals surface area contributed by atoms with E-state index in [1.54, 1.807) is 36.5 Å². The molecular weight excluding hydrogens is 386 g/mol. The number of para-hydroxylation sites is 1. The molecule has 9 heteroatoms. The summed E-state index contributed by atoms with van der Waals surface area (Å²) in [6, 6.07) is 15.9. The zero-order valence-corrected chi connectivity index (χ0v) is 15.5. The van der Waals surface area contributed by atoms with Crippen molar-refractivity contribution in [3.8, 4) is 0 Å². The van der Waals surface area contributed by atoms with E-state index in [2.05, 4.69) is 19.8 Å². The smallest absolute Gasteiger partial charge is 0.255 e. The molecule has 27 heavy (non-hydrogen) atoms. The first kappa shape index (κ1) is 17.4. The van der Waals surface area contributed by atoms with Crippen LogP contribution >= 0.6 is 11.6 Å². The highest BCUT2D eigenvalue weighted by Gasteiger charge is 2.20. The van der Waals surface area contributed by atoms with Crippen LogP contribution in [0.3, 0.4) is 0 Å². The van der Waals surface area contributed by atoms with E-state index >= 15 is 0 Å². The molecule has 0 saturated heterocycles. The second-order valence-corrected chi connectivity index (χ2v) is 7.92. The van der Waals surface area contributed by atoms with Crippen molar-refractivity contribution in [3.63, 3.8) is 0 Å². The monoisotopic (exact) mass is 399 g/mol. The van der Waals surface area contributed by atoms with Crippen molar-refractivity contribution < 1.29 is 8.42 Å². The van der Waals surface area contributed by atoms with Gasteiger partial charge in [-0.25, -0.2) is 17.8 Å². The number of nitrogens with one attached hydrogen (secondary N) is 1. The third-order valence-corrected chi connectivity index (χ3v) is 5.48. The van der Waals surface area contributed by atoms with E-state index in [9.17, 15) is 8.42 Å². The van der Waals surface area contributed by atoms with Gasteiger partial charge in [-0.05, 0) is 29.8 Å². The van der Waals surface area contributed by atoms with Crippen LogP contribution in [0.5, 0.6) is 0 Å². The molecule has 1 N–H and O–H groups in total. The number of nitrogens with zero attached hydrogens (tertiary/aromatic N) is 4. The molecule has 0 aliphatic carbocycles. The normalized spacial score (nSPS) is 11.6. The standard InChI is InChI=1S/C18H14ClN5O2S/c19-15-7-1-4-13(10-15)11-24-12-21-18(22-24)23-27(25,26)16-8-2-5-14-6-3-9-20-17(14)16/h1-10,12H,11H2,(H,22,23). The molecule has 0 atom stereocenters. The van der Waals surface area contributed by atoms with Crippen molar-refractivity contribution in [1.29, 1.82) is 0 Å². The molecule has 0 bridgehead atoms. The van der Waals surface area contributed by atoms with E-state index in [4.69, 9.17) is 11.6 Å². The van der Waals surface area contributed by atoms with E-state index in [0.717, 1.165) is 10.9 Å². The molecule has 136 valence electrons. The lowest BCUT2D eigenvalue weighted by molar-refractivity contribution is 0.601. The summed E-state index contributed by atoms with van der Waals surface area (Å²) in [7, 11) is -3.88. The molecule has 0 amide bonds. The van der Waals surface area contributed by atoms with Crippen molar-refractivity contribution in [3.05, 3.63) is 77.7 Å². The zero-order valence-electron chi connectivity index (χ0n) is 13.9. The Kier molecular flexibility index (Phi) is 4.51. The molecule has 7 nitrogen and oxygen atoms in total. The predicted molar refractivity (Wildman–Crippen MR) is 103 cm³/mol. The summed E-state index contributed by atoms with van der Waals surface area (Å²) in [5.41, 5.74) is 1.32.